The molecule has 6 heteroatoms. The molecule has 0 saturated heterocycles. The van der Waals surface area contributed by atoms with Gasteiger partial charge in [-0.2, -0.15) is 5.10 Å². The van der Waals surface area contributed by atoms with Crippen LogP contribution in [0.3, 0.4) is 0 Å². The number of hydrogen-bond donors (Lipinski definition) is 1. The molecule has 0 aliphatic heterocycles. The standard InChI is InChI=1S/C14H16F3N3/c1-14(2,3)18-8-10-4-5-20(19-10)13-11(16)6-9(15)7-12(13)17/h4-7,18H,8H2,1-3H3. The van der Waals surface area contributed by atoms with Gasteiger partial charge in [0.15, 0.2) is 11.6 Å². The van der Waals surface area contributed by atoms with E-state index in [4.69, 9.17) is 0 Å². The third-order valence-corrected chi connectivity index (χ3v) is 2.65. The van der Waals surface area contributed by atoms with Gasteiger partial charge in [-0.15, -0.1) is 0 Å². The van der Waals surface area contributed by atoms with Crippen molar-refractivity contribution in [2.24, 2.45) is 0 Å². The number of halogens is 3. The van der Waals surface area contributed by atoms with E-state index in [2.05, 4.69) is 10.4 Å². The van der Waals surface area contributed by atoms with Crippen molar-refractivity contribution < 1.29 is 13.2 Å². The van der Waals surface area contributed by atoms with Crippen molar-refractivity contribution >= 4 is 0 Å². The van der Waals surface area contributed by atoms with Gasteiger partial charge < -0.3 is 5.32 Å². The molecule has 0 aliphatic rings. The molecule has 0 aliphatic carbocycles. The van der Waals surface area contributed by atoms with Crippen molar-refractivity contribution in [1.29, 1.82) is 0 Å². The van der Waals surface area contributed by atoms with Crippen LogP contribution in [0.25, 0.3) is 5.69 Å². The van der Waals surface area contributed by atoms with Crippen LogP contribution in [0.15, 0.2) is 24.4 Å². The molecule has 0 radical (unpaired) electrons. The maximum absolute atomic E-state index is 13.6. The predicted molar refractivity (Wildman–Crippen MR) is 70.0 cm³/mol. The Balaban J connectivity index is 2.25. The van der Waals surface area contributed by atoms with Gasteiger partial charge in [0, 0.05) is 30.4 Å². The molecule has 0 saturated carbocycles. The quantitative estimate of drug-likeness (QED) is 0.937. The summed E-state index contributed by atoms with van der Waals surface area (Å²) < 4.78 is 41.2. The highest BCUT2D eigenvalue weighted by atomic mass is 19.1. The maximum atomic E-state index is 13.6. The summed E-state index contributed by atoms with van der Waals surface area (Å²) in [6, 6.07) is 2.92. The lowest BCUT2D eigenvalue weighted by atomic mass is 10.1. The largest absolute Gasteiger partial charge is 0.306 e. The average Bonchev–Trinajstić information content (AvgIpc) is 2.72. The van der Waals surface area contributed by atoms with E-state index in [1.165, 1.54) is 6.20 Å². The van der Waals surface area contributed by atoms with Crippen molar-refractivity contribution in [2.45, 2.75) is 32.9 Å². The van der Waals surface area contributed by atoms with Crippen molar-refractivity contribution in [2.75, 3.05) is 0 Å². The van der Waals surface area contributed by atoms with Crippen molar-refractivity contribution in [1.82, 2.24) is 15.1 Å². The first kappa shape index (κ1) is 14.6. The van der Waals surface area contributed by atoms with E-state index in [1.807, 2.05) is 20.8 Å². The highest BCUT2D eigenvalue weighted by Crippen LogP contribution is 2.19. The smallest absolute Gasteiger partial charge is 0.154 e. The minimum absolute atomic E-state index is 0.0871. The van der Waals surface area contributed by atoms with Crippen LogP contribution in [0.2, 0.25) is 0 Å². The zero-order valence-corrected chi connectivity index (χ0v) is 11.5. The number of nitrogens with zero attached hydrogens (tertiary/aromatic N) is 2. The van der Waals surface area contributed by atoms with Crippen LogP contribution < -0.4 is 5.32 Å². The van der Waals surface area contributed by atoms with Gasteiger partial charge in [-0.25, -0.2) is 17.9 Å². The van der Waals surface area contributed by atoms with Gasteiger partial charge in [-0.3, -0.25) is 0 Å². The van der Waals surface area contributed by atoms with E-state index in [9.17, 15) is 13.2 Å². The third-order valence-electron chi connectivity index (χ3n) is 2.65. The van der Waals surface area contributed by atoms with Crippen LogP contribution in [-0.2, 0) is 6.54 Å². The topological polar surface area (TPSA) is 29.9 Å². The first-order chi connectivity index (χ1) is 9.26. The lowest BCUT2D eigenvalue weighted by Crippen LogP contribution is -2.35. The van der Waals surface area contributed by atoms with Gasteiger partial charge in [0.25, 0.3) is 0 Å². The molecule has 1 aromatic heterocycles. The summed E-state index contributed by atoms with van der Waals surface area (Å²) in [5.41, 5.74) is 0.173. The Hall–Kier alpha value is -1.82. The number of hydrogen-bond acceptors (Lipinski definition) is 2. The summed E-state index contributed by atoms with van der Waals surface area (Å²) in [5.74, 6) is -2.92. The van der Waals surface area contributed by atoms with E-state index in [1.54, 1.807) is 6.07 Å². The Labute approximate surface area is 115 Å². The van der Waals surface area contributed by atoms with Gasteiger partial charge in [0.2, 0.25) is 0 Å². The summed E-state index contributed by atoms with van der Waals surface area (Å²) in [7, 11) is 0. The molecular weight excluding hydrogens is 267 g/mol. The van der Waals surface area contributed by atoms with Gasteiger partial charge in [0.05, 0.1) is 5.69 Å². The normalized spacial score (nSPS) is 11.9. The molecule has 108 valence electrons. The highest BCUT2D eigenvalue weighted by molar-refractivity contribution is 5.35. The van der Waals surface area contributed by atoms with E-state index in [-0.39, 0.29) is 11.2 Å². The summed E-state index contributed by atoms with van der Waals surface area (Å²) >= 11 is 0. The Morgan fingerprint density at radius 1 is 1.15 bits per heavy atom. The Kier molecular flexibility index (Phi) is 3.85. The zero-order chi connectivity index (χ0) is 14.9. The second-order valence-corrected chi connectivity index (χ2v) is 5.57. The van der Waals surface area contributed by atoms with Gasteiger partial charge in [0.1, 0.15) is 11.5 Å². The van der Waals surface area contributed by atoms with E-state index < -0.39 is 17.5 Å². The van der Waals surface area contributed by atoms with Crippen LogP contribution in [0.4, 0.5) is 13.2 Å². The van der Waals surface area contributed by atoms with Crippen LogP contribution >= 0.6 is 0 Å². The molecule has 3 nitrogen and oxygen atoms in total. The highest BCUT2D eigenvalue weighted by Gasteiger charge is 2.15. The number of aromatic nitrogens is 2. The third kappa shape index (κ3) is 3.39. The minimum Gasteiger partial charge on any atom is -0.306 e. The van der Waals surface area contributed by atoms with Crippen LogP contribution in [0.5, 0.6) is 0 Å². The lowest BCUT2D eigenvalue weighted by molar-refractivity contribution is 0.420. The molecule has 2 rings (SSSR count). The zero-order valence-electron chi connectivity index (χ0n) is 11.5. The summed E-state index contributed by atoms with van der Waals surface area (Å²) in [6.45, 7) is 6.48. The van der Waals surface area contributed by atoms with E-state index in [0.29, 0.717) is 24.4 Å². The van der Waals surface area contributed by atoms with Gasteiger partial charge in [-0.05, 0) is 26.8 Å². The Morgan fingerprint density at radius 2 is 1.75 bits per heavy atom. The predicted octanol–water partition coefficient (Wildman–Crippen LogP) is 3.18. The maximum Gasteiger partial charge on any atom is 0.154 e. The fourth-order valence-corrected chi connectivity index (χ4v) is 1.69. The Morgan fingerprint density at radius 3 is 2.30 bits per heavy atom. The fourth-order valence-electron chi connectivity index (χ4n) is 1.69. The van der Waals surface area contributed by atoms with Crippen molar-refractivity contribution in [3.05, 3.63) is 47.5 Å². The molecule has 0 atom stereocenters. The first-order valence-corrected chi connectivity index (χ1v) is 6.21. The summed E-state index contributed by atoms with van der Waals surface area (Å²) in [5, 5.41) is 7.30. The van der Waals surface area contributed by atoms with Crippen molar-refractivity contribution in [3.8, 4) is 5.69 Å². The van der Waals surface area contributed by atoms with Gasteiger partial charge in [-0.1, -0.05) is 0 Å². The lowest BCUT2D eigenvalue weighted by Gasteiger charge is -2.19. The second-order valence-electron chi connectivity index (χ2n) is 5.57. The molecule has 0 spiro atoms. The Bertz CT molecular complexity index is 591. The molecule has 0 fully saturated rings. The van der Waals surface area contributed by atoms with E-state index >= 15 is 0 Å². The van der Waals surface area contributed by atoms with Crippen molar-refractivity contribution in [3.63, 3.8) is 0 Å². The monoisotopic (exact) mass is 283 g/mol. The molecular formula is C14H16F3N3. The second kappa shape index (κ2) is 5.28. The van der Waals surface area contributed by atoms with Gasteiger partial charge >= 0.3 is 0 Å². The molecule has 1 aromatic carbocycles. The summed E-state index contributed by atoms with van der Waals surface area (Å²) in [4.78, 5) is 0. The summed E-state index contributed by atoms with van der Waals surface area (Å²) in [6.07, 6.45) is 1.44. The molecule has 1 N–H and O–H groups in total. The number of benzene rings is 1. The van der Waals surface area contributed by atoms with Crippen LogP contribution in [-0.4, -0.2) is 15.3 Å². The van der Waals surface area contributed by atoms with E-state index in [0.717, 1.165) is 4.68 Å². The molecule has 0 bridgehead atoms. The number of nitrogens with one attached hydrogen (secondary N) is 1. The van der Waals surface area contributed by atoms with Crippen LogP contribution in [0.1, 0.15) is 26.5 Å². The number of rotatable bonds is 3. The molecule has 0 amide bonds. The minimum atomic E-state index is -0.985. The molecule has 20 heavy (non-hydrogen) atoms. The first-order valence-electron chi connectivity index (χ1n) is 6.21. The van der Waals surface area contributed by atoms with Crippen LogP contribution in [0, 0.1) is 17.5 Å². The molecule has 1 heterocycles. The molecule has 0 unspecified atom stereocenters. The molecule has 2 aromatic rings. The fraction of sp³-hybridized carbons (Fsp3) is 0.357. The SMILES string of the molecule is CC(C)(C)NCc1ccn(-c2c(F)cc(F)cc2F)n1. The average molecular weight is 283 g/mol.